The van der Waals surface area contributed by atoms with Gasteiger partial charge in [0.2, 0.25) is 0 Å². The zero-order chi connectivity index (χ0) is 13.7. The van der Waals surface area contributed by atoms with Gasteiger partial charge in [0, 0.05) is 16.7 Å². The first-order valence-corrected chi connectivity index (χ1v) is 5.90. The van der Waals surface area contributed by atoms with E-state index in [-0.39, 0.29) is 0 Å². The van der Waals surface area contributed by atoms with E-state index in [0.29, 0.717) is 11.3 Å². The Hall–Kier alpha value is -1.82. The summed E-state index contributed by atoms with van der Waals surface area (Å²) in [4.78, 5) is 0. The predicted molar refractivity (Wildman–Crippen MR) is 64.1 cm³/mol. The minimum Gasteiger partial charge on any atom is -0.321 e. The smallest absolute Gasteiger partial charge is 0.321 e. The van der Waals surface area contributed by atoms with Crippen LogP contribution in [0, 0.1) is 0 Å². The van der Waals surface area contributed by atoms with E-state index in [4.69, 9.17) is 5.73 Å². The van der Waals surface area contributed by atoms with Crippen molar-refractivity contribution >= 4 is 0 Å². The van der Waals surface area contributed by atoms with Crippen molar-refractivity contribution in [2.24, 2.45) is 5.73 Å². The summed E-state index contributed by atoms with van der Waals surface area (Å²) in [5.41, 5.74) is 6.80. The maximum absolute atomic E-state index is 12.7. The first-order chi connectivity index (χ1) is 8.90. The SMILES string of the molecule is NC1(c2cn[nH]c2-c2cccc(C(F)(F)F)c2)CC1. The van der Waals surface area contributed by atoms with Crippen LogP contribution in [0.4, 0.5) is 13.2 Å². The third-order valence-electron chi connectivity index (χ3n) is 3.44. The van der Waals surface area contributed by atoms with E-state index in [1.807, 2.05) is 0 Å². The summed E-state index contributed by atoms with van der Waals surface area (Å²) < 4.78 is 38.1. The van der Waals surface area contributed by atoms with Gasteiger partial charge in [0.15, 0.2) is 0 Å². The van der Waals surface area contributed by atoms with E-state index in [0.717, 1.165) is 30.5 Å². The van der Waals surface area contributed by atoms with Gasteiger partial charge in [-0.15, -0.1) is 0 Å². The Morgan fingerprint density at radius 2 is 2.00 bits per heavy atom. The minimum atomic E-state index is -4.35. The van der Waals surface area contributed by atoms with Crippen molar-refractivity contribution < 1.29 is 13.2 Å². The maximum Gasteiger partial charge on any atom is 0.416 e. The quantitative estimate of drug-likeness (QED) is 0.878. The molecule has 0 atom stereocenters. The number of hydrogen-bond donors (Lipinski definition) is 2. The number of nitrogens with one attached hydrogen (secondary N) is 1. The van der Waals surface area contributed by atoms with Crippen LogP contribution in [-0.4, -0.2) is 10.2 Å². The molecule has 0 amide bonds. The fraction of sp³-hybridized carbons (Fsp3) is 0.308. The average Bonchev–Trinajstić information content (AvgIpc) is 2.93. The standard InChI is InChI=1S/C13H12F3N3/c14-13(15,16)9-3-1-2-8(6-9)11-10(7-18-19-11)12(17)4-5-12/h1-3,6-7H,4-5,17H2,(H,18,19). The highest BCUT2D eigenvalue weighted by atomic mass is 19.4. The van der Waals surface area contributed by atoms with Gasteiger partial charge >= 0.3 is 6.18 Å². The molecule has 2 aromatic rings. The van der Waals surface area contributed by atoms with Crippen molar-refractivity contribution in [1.29, 1.82) is 0 Å². The highest BCUT2D eigenvalue weighted by Crippen LogP contribution is 2.46. The molecule has 1 aliphatic rings. The first kappa shape index (κ1) is 12.2. The Morgan fingerprint density at radius 1 is 1.26 bits per heavy atom. The molecule has 1 aromatic heterocycles. The molecule has 0 aliphatic heterocycles. The molecule has 1 aromatic carbocycles. The Balaban J connectivity index is 2.06. The van der Waals surface area contributed by atoms with E-state index in [1.54, 1.807) is 12.3 Å². The molecule has 19 heavy (non-hydrogen) atoms. The van der Waals surface area contributed by atoms with E-state index in [9.17, 15) is 13.2 Å². The number of aromatic amines is 1. The Labute approximate surface area is 107 Å². The lowest BCUT2D eigenvalue weighted by Gasteiger charge is -2.11. The number of hydrogen-bond acceptors (Lipinski definition) is 2. The number of nitrogens with zero attached hydrogens (tertiary/aromatic N) is 1. The molecule has 100 valence electrons. The van der Waals surface area contributed by atoms with E-state index in [2.05, 4.69) is 10.2 Å². The lowest BCUT2D eigenvalue weighted by Crippen LogP contribution is -2.18. The molecule has 3 rings (SSSR count). The lowest BCUT2D eigenvalue weighted by molar-refractivity contribution is -0.137. The van der Waals surface area contributed by atoms with Crippen LogP contribution in [0.15, 0.2) is 30.5 Å². The van der Waals surface area contributed by atoms with Gasteiger partial charge in [0.25, 0.3) is 0 Å². The topological polar surface area (TPSA) is 54.7 Å². The normalized spacial score (nSPS) is 17.5. The molecule has 1 aliphatic carbocycles. The highest BCUT2D eigenvalue weighted by molar-refractivity contribution is 5.65. The number of alkyl halides is 3. The Kier molecular flexibility index (Phi) is 2.47. The summed E-state index contributed by atoms with van der Waals surface area (Å²) in [6, 6.07) is 5.18. The van der Waals surface area contributed by atoms with Gasteiger partial charge in [0.05, 0.1) is 17.5 Å². The molecule has 0 spiro atoms. The van der Waals surface area contributed by atoms with Crippen LogP contribution >= 0.6 is 0 Å². The summed E-state index contributed by atoms with van der Waals surface area (Å²) in [5.74, 6) is 0. The number of aromatic nitrogens is 2. The van der Waals surface area contributed by atoms with Crippen molar-refractivity contribution in [3.05, 3.63) is 41.6 Å². The van der Waals surface area contributed by atoms with E-state index >= 15 is 0 Å². The zero-order valence-corrected chi connectivity index (χ0v) is 9.96. The van der Waals surface area contributed by atoms with Gasteiger partial charge in [-0.05, 0) is 25.0 Å². The van der Waals surface area contributed by atoms with Crippen LogP contribution in [0.2, 0.25) is 0 Å². The molecule has 0 saturated heterocycles. The number of benzene rings is 1. The fourth-order valence-electron chi connectivity index (χ4n) is 2.14. The molecule has 1 fully saturated rings. The van der Waals surface area contributed by atoms with Gasteiger partial charge in [0.1, 0.15) is 0 Å². The molecule has 0 radical (unpaired) electrons. The number of rotatable bonds is 2. The third kappa shape index (κ3) is 2.12. The lowest BCUT2D eigenvalue weighted by atomic mass is 10.00. The maximum atomic E-state index is 12.7. The van der Waals surface area contributed by atoms with Gasteiger partial charge in [-0.1, -0.05) is 12.1 Å². The Morgan fingerprint density at radius 3 is 2.63 bits per heavy atom. The molecule has 1 heterocycles. The molecule has 0 bridgehead atoms. The number of nitrogens with two attached hydrogens (primary N) is 1. The van der Waals surface area contributed by atoms with Crippen LogP contribution in [0.3, 0.4) is 0 Å². The van der Waals surface area contributed by atoms with Crippen LogP contribution in [0.25, 0.3) is 11.3 Å². The van der Waals surface area contributed by atoms with Gasteiger partial charge in [-0.25, -0.2) is 0 Å². The Bertz CT molecular complexity index is 612. The van der Waals surface area contributed by atoms with Crippen molar-refractivity contribution in [1.82, 2.24) is 10.2 Å². The molecule has 3 nitrogen and oxygen atoms in total. The van der Waals surface area contributed by atoms with Crippen molar-refractivity contribution in [2.75, 3.05) is 0 Å². The van der Waals surface area contributed by atoms with E-state index in [1.165, 1.54) is 6.07 Å². The molecule has 6 heteroatoms. The minimum absolute atomic E-state index is 0.434. The second kappa shape index (κ2) is 3.84. The molecule has 3 N–H and O–H groups in total. The number of H-pyrrole nitrogens is 1. The zero-order valence-electron chi connectivity index (χ0n) is 9.96. The van der Waals surface area contributed by atoms with Crippen LogP contribution in [0.1, 0.15) is 24.0 Å². The highest BCUT2D eigenvalue weighted by Gasteiger charge is 2.43. The van der Waals surface area contributed by atoms with Crippen molar-refractivity contribution in [3.8, 4) is 11.3 Å². The monoisotopic (exact) mass is 267 g/mol. The summed E-state index contributed by atoms with van der Waals surface area (Å²) in [6.07, 6.45) is -1.09. The van der Waals surface area contributed by atoms with Gasteiger partial charge in [-0.2, -0.15) is 18.3 Å². The predicted octanol–water partition coefficient (Wildman–Crippen LogP) is 3.04. The molecule has 1 saturated carbocycles. The van der Waals surface area contributed by atoms with Gasteiger partial charge < -0.3 is 5.73 Å². The van der Waals surface area contributed by atoms with Crippen molar-refractivity contribution in [3.63, 3.8) is 0 Å². The van der Waals surface area contributed by atoms with Crippen molar-refractivity contribution in [2.45, 2.75) is 24.6 Å². The average molecular weight is 267 g/mol. The molecular formula is C13H12F3N3. The number of halogens is 3. The van der Waals surface area contributed by atoms with Crippen LogP contribution in [0.5, 0.6) is 0 Å². The summed E-state index contributed by atoms with van der Waals surface area (Å²) >= 11 is 0. The third-order valence-corrected chi connectivity index (χ3v) is 3.44. The van der Waals surface area contributed by atoms with Gasteiger partial charge in [-0.3, -0.25) is 5.10 Å². The van der Waals surface area contributed by atoms with Crippen LogP contribution < -0.4 is 5.73 Å². The summed E-state index contributed by atoms with van der Waals surface area (Å²) in [5, 5.41) is 6.66. The second-order valence-electron chi connectivity index (χ2n) is 4.89. The molecular weight excluding hydrogens is 255 g/mol. The second-order valence-corrected chi connectivity index (χ2v) is 4.89. The molecule has 0 unspecified atom stereocenters. The fourth-order valence-corrected chi connectivity index (χ4v) is 2.14. The van der Waals surface area contributed by atoms with Crippen LogP contribution in [-0.2, 0) is 11.7 Å². The summed E-state index contributed by atoms with van der Waals surface area (Å²) in [6.45, 7) is 0. The summed E-state index contributed by atoms with van der Waals surface area (Å²) in [7, 11) is 0. The van der Waals surface area contributed by atoms with E-state index < -0.39 is 17.3 Å². The largest absolute Gasteiger partial charge is 0.416 e. The first-order valence-electron chi connectivity index (χ1n) is 5.90.